The van der Waals surface area contributed by atoms with Crippen LogP contribution < -0.4 is 10.9 Å². The van der Waals surface area contributed by atoms with E-state index in [9.17, 15) is 13.6 Å². The largest absolute Gasteiger partial charge is 0.334 e. The number of thiophene rings is 1. The van der Waals surface area contributed by atoms with Crippen LogP contribution in [0.4, 0.5) is 8.78 Å². The first-order valence-corrected chi connectivity index (χ1v) is 9.75. The summed E-state index contributed by atoms with van der Waals surface area (Å²) >= 11 is 1.43. The average molecular weight is 398 g/mol. The summed E-state index contributed by atoms with van der Waals surface area (Å²) in [5.41, 5.74) is 2.06. The summed E-state index contributed by atoms with van der Waals surface area (Å²) in [6.45, 7) is 2.20. The van der Waals surface area contributed by atoms with Crippen molar-refractivity contribution in [3.8, 4) is 11.1 Å². The Morgan fingerprint density at radius 1 is 1.18 bits per heavy atom. The van der Waals surface area contributed by atoms with Crippen molar-refractivity contribution in [1.29, 1.82) is 0 Å². The van der Waals surface area contributed by atoms with Gasteiger partial charge in [-0.15, -0.1) is 11.3 Å². The van der Waals surface area contributed by atoms with Crippen molar-refractivity contribution in [2.75, 3.05) is 0 Å². The van der Waals surface area contributed by atoms with Crippen molar-refractivity contribution < 1.29 is 14.1 Å². The Labute approximate surface area is 163 Å². The third-order valence-corrected chi connectivity index (χ3v) is 5.57. The van der Waals surface area contributed by atoms with Crippen molar-refractivity contribution >= 4 is 21.6 Å². The van der Waals surface area contributed by atoms with Crippen molar-refractivity contribution in [2.45, 2.75) is 19.5 Å². The first-order valence-electron chi connectivity index (χ1n) is 8.87. The summed E-state index contributed by atoms with van der Waals surface area (Å²) in [6, 6.07) is 13.0. The van der Waals surface area contributed by atoms with Gasteiger partial charge in [0.05, 0.1) is 5.39 Å². The van der Waals surface area contributed by atoms with Crippen molar-refractivity contribution in [1.82, 2.24) is 9.97 Å². The number of quaternary nitrogens is 1. The second-order valence-corrected chi connectivity index (χ2v) is 7.46. The highest BCUT2D eigenvalue weighted by molar-refractivity contribution is 7.17. The Kier molecular flexibility index (Phi) is 5.02. The van der Waals surface area contributed by atoms with Gasteiger partial charge in [-0.2, -0.15) is 0 Å². The van der Waals surface area contributed by atoms with Gasteiger partial charge in [-0.25, -0.2) is 13.8 Å². The highest BCUT2D eigenvalue weighted by Gasteiger charge is 2.17. The van der Waals surface area contributed by atoms with E-state index in [4.69, 9.17) is 0 Å². The molecule has 0 spiro atoms. The third-order valence-electron chi connectivity index (χ3n) is 4.70. The van der Waals surface area contributed by atoms with Crippen molar-refractivity contribution in [3.63, 3.8) is 0 Å². The summed E-state index contributed by atoms with van der Waals surface area (Å²) in [6.07, 6.45) is 0. The summed E-state index contributed by atoms with van der Waals surface area (Å²) < 4.78 is 27.0. The number of fused-ring (bicyclic) bond motifs is 1. The number of rotatable bonds is 5. The van der Waals surface area contributed by atoms with Crippen LogP contribution in [0.3, 0.4) is 0 Å². The molecule has 28 heavy (non-hydrogen) atoms. The number of aromatic amines is 1. The standard InChI is InChI=1S/C21H17F2N3OS/c1-12(15-8-7-14(22)9-17(15)23)24-10-18-25-20(27)19-16(11-28-21(19)26-18)13-5-3-2-4-6-13/h2-9,11-12,24H,10H2,1H3,(H,25,26,27)/p+1/t12-/m0/s1. The molecule has 2 aromatic heterocycles. The molecular weight excluding hydrogens is 380 g/mol. The molecule has 2 heterocycles. The van der Waals surface area contributed by atoms with Crippen molar-refractivity contribution in [2.24, 2.45) is 0 Å². The zero-order valence-electron chi connectivity index (χ0n) is 15.1. The van der Waals surface area contributed by atoms with E-state index < -0.39 is 11.6 Å². The molecule has 0 aliphatic rings. The van der Waals surface area contributed by atoms with Crippen molar-refractivity contribution in [3.05, 3.63) is 87.3 Å². The molecule has 3 N–H and O–H groups in total. The van der Waals surface area contributed by atoms with Gasteiger partial charge in [-0.1, -0.05) is 30.3 Å². The van der Waals surface area contributed by atoms with E-state index >= 15 is 0 Å². The summed E-state index contributed by atoms with van der Waals surface area (Å²) in [4.78, 5) is 20.7. The Balaban J connectivity index is 1.58. The number of halogens is 2. The van der Waals surface area contributed by atoms with Crippen LogP contribution in [0.5, 0.6) is 0 Å². The fourth-order valence-corrected chi connectivity index (χ4v) is 4.17. The van der Waals surface area contributed by atoms with Crippen LogP contribution >= 0.6 is 11.3 Å². The first-order chi connectivity index (χ1) is 13.5. The van der Waals surface area contributed by atoms with Gasteiger partial charge in [-0.05, 0) is 24.6 Å². The topological polar surface area (TPSA) is 62.4 Å². The SMILES string of the molecule is C[C@H]([NH2+]Cc1nc2scc(-c3ccccc3)c2c(=O)[nH]1)c1ccc(F)cc1F. The van der Waals surface area contributed by atoms with Gasteiger partial charge in [0.1, 0.15) is 29.1 Å². The fraction of sp³-hybridized carbons (Fsp3) is 0.143. The second-order valence-electron chi connectivity index (χ2n) is 6.60. The lowest BCUT2D eigenvalue weighted by Gasteiger charge is -2.11. The minimum atomic E-state index is -0.600. The Morgan fingerprint density at radius 2 is 1.96 bits per heavy atom. The number of nitrogens with two attached hydrogens (primary N) is 1. The van der Waals surface area contributed by atoms with Crippen LogP contribution in [0.15, 0.2) is 58.7 Å². The first kappa shape index (κ1) is 18.5. The predicted octanol–water partition coefficient (Wildman–Crippen LogP) is 3.75. The van der Waals surface area contributed by atoms with Crippen LogP contribution in [0.1, 0.15) is 24.4 Å². The quantitative estimate of drug-likeness (QED) is 0.538. The Bertz CT molecular complexity index is 1190. The molecule has 2 aromatic carbocycles. The van der Waals surface area contributed by atoms with E-state index in [0.717, 1.165) is 17.2 Å². The molecule has 7 heteroatoms. The Morgan fingerprint density at radius 3 is 2.71 bits per heavy atom. The molecule has 1 atom stereocenters. The molecule has 4 rings (SSSR count). The van der Waals surface area contributed by atoms with E-state index in [0.29, 0.717) is 28.1 Å². The molecule has 0 fully saturated rings. The van der Waals surface area contributed by atoms with Gasteiger partial charge in [0, 0.05) is 22.6 Å². The monoisotopic (exact) mass is 398 g/mol. The summed E-state index contributed by atoms with van der Waals surface area (Å²) in [5, 5.41) is 4.37. The van der Waals surface area contributed by atoms with Gasteiger partial charge in [0.25, 0.3) is 5.56 Å². The normalized spacial score (nSPS) is 12.4. The van der Waals surface area contributed by atoms with Gasteiger partial charge in [0.2, 0.25) is 0 Å². The molecule has 0 saturated carbocycles. The molecule has 4 aromatic rings. The molecule has 0 aliphatic carbocycles. The van der Waals surface area contributed by atoms with Gasteiger partial charge < -0.3 is 10.3 Å². The molecule has 0 unspecified atom stereocenters. The van der Waals surface area contributed by atoms with E-state index in [1.807, 2.05) is 48.0 Å². The maximum Gasteiger partial charge on any atom is 0.260 e. The number of benzene rings is 2. The van der Waals surface area contributed by atoms with Gasteiger partial charge in [0.15, 0.2) is 5.82 Å². The summed E-state index contributed by atoms with van der Waals surface area (Å²) in [5.74, 6) is -0.656. The molecule has 0 bridgehead atoms. The lowest BCUT2D eigenvalue weighted by molar-refractivity contribution is -0.709. The smallest absolute Gasteiger partial charge is 0.260 e. The van der Waals surface area contributed by atoms with Crippen LogP contribution in [-0.2, 0) is 6.54 Å². The lowest BCUT2D eigenvalue weighted by atomic mass is 10.1. The Hall–Kier alpha value is -2.90. The van der Waals surface area contributed by atoms with E-state index in [1.54, 1.807) is 0 Å². The number of nitrogens with zero attached hydrogens (tertiary/aromatic N) is 1. The molecule has 0 radical (unpaired) electrons. The van der Waals surface area contributed by atoms with Crippen LogP contribution in [0, 0.1) is 11.6 Å². The number of nitrogens with one attached hydrogen (secondary N) is 1. The van der Waals surface area contributed by atoms with Crippen LogP contribution in [0.2, 0.25) is 0 Å². The minimum absolute atomic E-state index is 0.186. The second kappa shape index (κ2) is 7.61. The van der Waals surface area contributed by atoms with Gasteiger partial charge >= 0.3 is 0 Å². The highest BCUT2D eigenvalue weighted by Crippen LogP contribution is 2.30. The predicted molar refractivity (Wildman–Crippen MR) is 106 cm³/mol. The number of H-pyrrole nitrogens is 1. The minimum Gasteiger partial charge on any atom is -0.334 e. The van der Waals surface area contributed by atoms with E-state index in [-0.39, 0.29) is 11.6 Å². The third kappa shape index (κ3) is 3.58. The zero-order chi connectivity index (χ0) is 19.7. The van der Waals surface area contributed by atoms with Crippen LogP contribution in [-0.4, -0.2) is 9.97 Å². The maximum atomic E-state index is 13.9. The molecule has 142 valence electrons. The molecule has 0 saturated heterocycles. The number of hydrogen-bond acceptors (Lipinski definition) is 3. The highest BCUT2D eigenvalue weighted by atomic mass is 32.1. The van der Waals surface area contributed by atoms with E-state index in [2.05, 4.69) is 9.97 Å². The maximum absolute atomic E-state index is 13.9. The lowest BCUT2D eigenvalue weighted by Crippen LogP contribution is -2.83. The molecular formula is C21H18F2N3OS+. The molecule has 4 nitrogen and oxygen atoms in total. The van der Waals surface area contributed by atoms with Crippen LogP contribution in [0.25, 0.3) is 21.3 Å². The van der Waals surface area contributed by atoms with Gasteiger partial charge in [-0.3, -0.25) is 4.79 Å². The zero-order valence-corrected chi connectivity index (χ0v) is 15.9. The number of hydrogen-bond donors (Lipinski definition) is 2. The number of aromatic nitrogens is 2. The molecule has 0 amide bonds. The average Bonchev–Trinajstić information content (AvgIpc) is 3.11. The summed E-state index contributed by atoms with van der Waals surface area (Å²) in [7, 11) is 0. The molecule has 0 aliphatic heterocycles. The fourth-order valence-electron chi connectivity index (χ4n) is 3.21. The van der Waals surface area contributed by atoms with E-state index in [1.165, 1.54) is 23.5 Å².